The van der Waals surface area contributed by atoms with Gasteiger partial charge in [-0.05, 0) is 5.92 Å². The van der Waals surface area contributed by atoms with E-state index in [2.05, 4.69) is 13.8 Å². The van der Waals surface area contributed by atoms with Crippen molar-refractivity contribution in [2.24, 2.45) is 5.92 Å². The fraction of sp³-hybridized carbons (Fsp3) is 0.875. The second-order valence-corrected chi connectivity index (χ2v) is 2.41. The highest BCUT2D eigenvalue weighted by Crippen LogP contribution is 2.13. The summed E-state index contributed by atoms with van der Waals surface area (Å²) in [7, 11) is 1.58. The first-order valence-corrected chi connectivity index (χ1v) is 3.78. The standard InChI is InChI=1S/C8H16O2/c1-4-7(5-2)8(6-9)10-3/h6-8H,4-5H2,1-3H3. The van der Waals surface area contributed by atoms with Crippen molar-refractivity contribution < 1.29 is 9.53 Å². The Bertz CT molecular complexity index is 87.3. The Morgan fingerprint density at radius 3 is 2.00 bits per heavy atom. The minimum Gasteiger partial charge on any atom is -0.374 e. The Balaban J connectivity index is 3.81. The Labute approximate surface area is 62.6 Å². The average Bonchev–Trinajstić information content (AvgIpc) is 2.00. The van der Waals surface area contributed by atoms with Crippen LogP contribution in [0.1, 0.15) is 26.7 Å². The molecule has 0 rings (SSSR count). The molecular formula is C8H16O2. The molecule has 2 heteroatoms. The van der Waals surface area contributed by atoms with Gasteiger partial charge in [-0.1, -0.05) is 26.7 Å². The van der Waals surface area contributed by atoms with Gasteiger partial charge in [0.2, 0.25) is 0 Å². The summed E-state index contributed by atoms with van der Waals surface area (Å²) in [6.07, 6.45) is 2.70. The van der Waals surface area contributed by atoms with Crippen molar-refractivity contribution in [3.8, 4) is 0 Å². The number of carbonyl (C=O) groups is 1. The summed E-state index contributed by atoms with van der Waals surface area (Å²) in [6, 6.07) is 0. The molecule has 0 heterocycles. The first-order chi connectivity index (χ1) is 4.79. The fourth-order valence-corrected chi connectivity index (χ4v) is 1.11. The van der Waals surface area contributed by atoms with Crippen molar-refractivity contribution >= 4 is 6.29 Å². The van der Waals surface area contributed by atoms with Gasteiger partial charge in [-0.25, -0.2) is 0 Å². The molecule has 0 aromatic rings. The van der Waals surface area contributed by atoms with Gasteiger partial charge in [0.15, 0.2) is 0 Å². The quantitative estimate of drug-likeness (QED) is 0.548. The predicted molar refractivity (Wildman–Crippen MR) is 40.9 cm³/mol. The zero-order chi connectivity index (χ0) is 7.98. The molecule has 2 nitrogen and oxygen atoms in total. The van der Waals surface area contributed by atoms with Gasteiger partial charge in [0.05, 0.1) is 0 Å². The summed E-state index contributed by atoms with van der Waals surface area (Å²) in [5, 5.41) is 0. The molecule has 0 aromatic carbocycles. The summed E-state index contributed by atoms with van der Waals surface area (Å²) in [4.78, 5) is 10.4. The highest BCUT2D eigenvalue weighted by molar-refractivity contribution is 5.56. The zero-order valence-corrected chi connectivity index (χ0v) is 6.96. The van der Waals surface area contributed by atoms with Gasteiger partial charge in [-0.3, -0.25) is 0 Å². The number of rotatable bonds is 5. The molecule has 0 amide bonds. The summed E-state index contributed by atoms with van der Waals surface area (Å²) in [5.41, 5.74) is 0. The topological polar surface area (TPSA) is 26.3 Å². The van der Waals surface area contributed by atoms with E-state index in [1.54, 1.807) is 7.11 Å². The van der Waals surface area contributed by atoms with Crippen LogP contribution in [0, 0.1) is 5.92 Å². The molecule has 0 N–H and O–H groups in total. The van der Waals surface area contributed by atoms with Gasteiger partial charge in [0, 0.05) is 7.11 Å². The minimum absolute atomic E-state index is 0.199. The van der Waals surface area contributed by atoms with Gasteiger partial charge in [-0.15, -0.1) is 0 Å². The Kier molecular flexibility index (Phi) is 5.22. The van der Waals surface area contributed by atoms with E-state index in [0.717, 1.165) is 19.1 Å². The molecule has 0 bridgehead atoms. The summed E-state index contributed by atoms with van der Waals surface area (Å²) < 4.78 is 4.98. The molecule has 0 fully saturated rings. The highest BCUT2D eigenvalue weighted by atomic mass is 16.5. The average molecular weight is 144 g/mol. The Morgan fingerprint density at radius 1 is 1.40 bits per heavy atom. The highest BCUT2D eigenvalue weighted by Gasteiger charge is 2.15. The molecule has 0 spiro atoms. The second kappa shape index (κ2) is 5.42. The van der Waals surface area contributed by atoms with Gasteiger partial charge >= 0.3 is 0 Å². The summed E-state index contributed by atoms with van der Waals surface area (Å²) in [6.45, 7) is 4.15. The number of carbonyl (C=O) groups excluding carboxylic acids is 1. The molecule has 0 saturated carbocycles. The van der Waals surface area contributed by atoms with Crippen molar-refractivity contribution in [2.45, 2.75) is 32.8 Å². The zero-order valence-electron chi connectivity index (χ0n) is 6.96. The first-order valence-electron chi connectivity index (χ1n) is 3.78. The molecule has 1 atom stereocenters. The van der Waals surface area contributed by atoms with E-state index in [-0.39, 0.29) is 6.10 Å². The van der Waals surface area contributed by atoms with E-state index in [1.165, 1.54) is 0 Å². The maximum Gasteiger partial charge on any atom is 0.149 e. The lowest BCUT2D eigenvalue weighted by Gasteiger charge is -2.17. The van der Waals surface area contributed by atoms with E-state index in [9.17, 15) is 4.79 Å². The van der Waals surface area contributed by atoms with Crippen molar-refractivity contribution in [2.75, 3.05) is 7.11 Å². The minimum atomic E-state index is -0.199. The molecule has 0 aromatic heterocycles. The van der Waals surface area contributed by atoms with Crippen LogP contribution < -0.4 is 0 Å². The van der Waals surface area contributed by atoms with Crippen LogP contribution in [-0.4, -0.2) is 19.5 Å². The SMILES string of the molecule is CCC(CC)C(C=O)OC. The van der Waals surface area contributed by atoms with Crippen LogP contribution >= 0.6 is 0 Å². The van der Waals surface area contributed by atoms with Gasteiger partial charge in [0.25, 0.3) is 0 Å². The number of aldehydes is 1. The summed E-state index contributed by atoms with van der Waals surface area (Å²) >= 11 is 0. The molecule has 10 heavy (non-hydrogen) atoms. The lowest BCUT2D eigenvalue weighted by Crippen LogP contribution is -2.22. The third-order valence-electron chi connectivity index (χ3n) is 1.92. The van der Waals surface area contributed by atoms with Crippen molar-refractivity contribution in [1.82, 2.24) is 0 Å². The first kappa shape index (κ1) is 9.63. The molecule has 0 aliphatic carbocycles. The van der Waals surface area contributed by atoms with Gasteiger partial charge < -0.3 is 9.53 Å². The number of hydrogen-bond acceptors (Lipinski definition) is 2. The maximum absolute atomic E-state index is 10.4. The van der Waals surface area contributed by atoms with Crippen LogP contribution in [0.5, 0.6) is 0 Å². The van der Waals surface area contributed by atoms with E-state index in [1.807, 2.05) is 0 Å². The third-order valence-corrected chi connectivity index (χ3v) is 1.92. The van der Waals surface area contributed by atoms with Crippen LogP contribution in [0.3, 0.4) is 0 Å². The molecule has 60 valence electrons. The Hall–Kier alpha value is -0.370. The van der Waals surface area contributed by atoms with Gasteiger partial charge in [0.1, 0.15) is 12.4 Å². The van der Waals surface area contributed by atoms with Gasteiger partial charge in [-0.2, -0.15) is 0 Å². The maximum atomic E-state index is 10.4. The van der Waals surface area contributed by atoms with Crippen LogP contribution in [0.25, 0.3) is 0 Å². The lowest BCUT2D eigenvalue weighted by atomic mass is 9.97. The number of ether oxygens (including phenoxy) is 1. The molecule has 0 radical (unpaired) electrons. The molecule has 0 aliphatic heterocycles. The predicted octanol–water partition coefficient (Wildman–Crippen LogP) is 1.64. The van der Waals surface area contributed by atoms with Crippen molar-refractivity contribution in [3.63, 3.8) is 0 Å². The van der Waals surface area contributed by atoms with E-state index >= 15 is 0 Å². The van der Waals surface area contributed by atoms with E-state index < -0.39 is 0 Å². The largest absolute Gasteiger partial charge is 0.374 e. The third kappa shape index (κ3) is 2.48. The number of hydrogen-bond donors (Lipinski definition) is 0. The molecule has 0 saturated heterocycles. The molecule has 1 unspecified atom stereocenters. The monoisotopic (exact) mass is 144 g/mol. The normalized spacial score (nSPS) is 13.6. The van der Waals surface area contributed by atoms with E-state index in [0.29, 0.717) is 5.92 Å². The van der Waals surface area contributed by atoms with Crippen LogP contribution in [-0.2, 0) is 9.53 Å². The summed E-state index contributed by atoms with van der Waals surface area (Å²) in [5.74, 6) is 0.391. The fourth-order valence-electron chi connectivity index (χ4n) is 1.11. The van der Waals surface area contributed by atoms with Crippen LogP contribution in [0.15, 0.2) is 0 Å². The number of methoxy groups -OCH3 is 1. The van der Waals surface area contributed by atoms with Crippen LogP contribution in [0.2, 0.25) is 0 Å². The van der Waals surface area contributed by atoms with Crippen LogP contribution in [0.4, 0.5) is 0 Å². The van der Waals surface area contributed by atoms with Crippen molar-refractivity contribution in [3.05, 3.63) is 0 Å². The lowest BCUT2D eigenvalue weighted by molar-refractivity contribution is -0.119. The Morgan fingerprint density at radius 2 is 1.90 bits per heavy atom. The van der Waals surface area contributed by atoms with E-state index in [4.69, 9.17) is 4.74 Å². The second-order valence-electron chi connectivity index (χ2n) is 2.41. The smallest absolute Gasteiger partial charge is 0.149 e. The molecule has 0 aliphatic rings. The molecular weight excluding hydrogens is 128 g/mol. The van der Waals surface area contributed by atoms with Crippen molar-refractivity contribution in [1.29, 1.82) is 0 Å².